The summed E-state index contributed by atoms with van der Waals surface area (Å²) in [6, 6.07) is 13.9. The van der Waals surface area contributed by atoms with Gasteiger partial charge < -0.3 is 20.0 Å². The van der Waals surface area contributed by atoms with Crippen LogP contribution in [0.4, 0.5) is 11.4 Å². The molecule has 2 aromatic rings. The first-order valence-electron chi connectivity index (χ1n) is 8.21. The maximum absolute atomic E-state index is 11.0. The van der Waals surface area contributed by atoms with Crippen LogP contribution in [0.25, 0.3) is 0 Å². The van der Waals surface area contributed by atoms with Gasteiger partial charge in [0.1, 0.15) is 0 Å². The molecule has 2 aromatic carbocycles. The molecule has 0 aliphatic carbocycles. The second-order valence-electron chi connectivity index (χ2n) is 6.03. The van der Waals surface area contributed by atoms with Gasteiger partial charge in [0.15, 0.2) is 0 Å². The Labute approximate surface area is 145 Å². The van der Waals surface area contributed by atoms with Crippen LogP contribution in [0.1, 0.15) is 27.1 Å². The Bertz CT molecular complexity index is 690. The summed E-state index contributed by atoms with van der Waals surface area (Å²) in [5.74, 6) is -1.84. The monoisotopic (exact) mass is 340 g/mol. The standard InChI is InChI=1S/C19H20N2O4/c22-18(23)14-2-6-16(7-3-14)20-10-1-11-21(13-12-20)17-8-4-15(5-9-17)19(24)25/h2-9H,1,10-13H2,(H,22,23)(H,24,25). The molecule has 6 nitrogen and oxygen atoms in total. The van der Waals surface area contributed by atoms with Crippen LogP contribution in [0.15, 0.2) is 48.5 Å². The first-order chi connectivity index (χ1) is 12.0. The summed E-state index contributed by atoms with van der Waals surface area (Å²) in [7, 11) is 0. The summed E-state index contributed by atoms with van der Waals surface area (Å²) in [6.07, 6.45) is 0.974. The fourth-order valence-corrected chi connectivity index (χ4v) is 3.06. The third-order valence-electron chi connectivity index (χ3n) is 4.45. The molecule has 1 aliphatic heterocycles. The maximum Gasteiger partial charge on any atom is 0.335 e. The number of benzene rings is 2. The second kappa shape index (κ2) is 7.25. The number of hydrogen-bond acceptors (Lipinski definition) is 4. The SMILES string of the molecule is O=C(O)c1ccc(N2CCCN(c3ccc(C(=O)O)cc3)CC2)cc1. The molecule has 1 heterocycles. The van der Waals surface area contributed by atoms with E-state index in [1.807, 2.05) is 24.3 Å². The number of carbonyl (C=O) groups is 2. The topological polar surface area (TPSA) is 81.1 Å². The zero-order valence-corrected chi connectivity index (χ0v) is 13.8. The molecule has 1 fully saturated rings. The summed E-state index contributed by atoms with van der Waals surface area (Å²) in [4.78, 5) is 26.4. The number of carboxylic acid groups (broad SMARTS) is 2. The Kier molecular flexibility index (Phi) is 4.88. The molecule has 0 atom stereocenters. The fourth-order valence-electron chi connectivity index (χ4n) is 3.06. The molecule has 3 rings (SSSR count). The normalized spacial score (nSPS) is 14.9. The Morgan fingerprint density at radius 2 is 1.00 bits per heavy atom. The first-order valence-corrected chi connectivity index (χ1v) is 8.21. The molecule has 0 unspecified atom stereocenters. The van der Waals surface area contributed by atoms with Crippen LogP contribution in [-0.4, -0.2) is 48.3 Å². The molecule has 0 saturated carbocycles. The minimum Gasteiger partial charge on any atom is -0.478 e. The van der Waals surface area contributed by atoms with Gasteiger partial charge in [-0.05, 0) is 55.0 Å². The summed E-state index contributed by atoms with van der Waals surface area (Å²) < 4.78 is 0. The fraction of sp³-hybridized carbons (Fsp3) is 0.263. The van der Waals surface area contributed by atoms with Crippen LogP contribution in [0.5, 0.6) is 0 Å². The highest BCUT2D eigenvalue weighted by molar-refractivity contribution is 5.88. The van der Waals surface area contributed by atoms with E-state index in [1.54, 1.807) is 24.3 Å². The lowest BCUT2D eigenvalue weighted by Crippen LogP contribution is -2.30. The quantitative estimate of drug-likeness (QED) is 0.891. The lowest BCUT2D eigenvalue weighted by Gasteiger charge is -2.25. The molecule has 130 valence electrons. The molecule has 25 heavy (non-hydrogen) atoms. The van der Waals surface area contributed by atoms with Gasteiger partial charge in [-0.1, -0.05) is 0 Å². The predicted octanol–water partition coefficient (Wildman–Crippen LogP) is 2.80. The number of nitrogens with zero attached hydrogens (tertiary/aromatic N) is 2. The van der Waals surface area contributed by atoms with E-state index in [1.165, 1.54) is 0 Å². The van der Waals surface area contributed by atoms with E-state index in [0.717, 1.165) is 44.0 Å². The molecule has 0 amide bonds. The molecule has 6 heteroatoms. The van der Waals surface area contributed by atoms with Gasteiger partial charge in [0.2, 0.25) is 0 Å². The van der Waals surface area contributed by atoms with Crippen molar-refractivity contribution in [2.45, 2.75) is 6.42 Å². The Balaban J connectivity index is 1.67. The van der Waals surface area contributed by atoms with Crippen LogP contribution >= 0.6 is 0 Å². The predicted molar refractivity (Wildman–Crippen MR) is 95.8 cm³/mol. The molecule has 1 saturated heterocycles. The van der Waals surface area contributed by atoms with Gasteiger partial charge in [-0.3, -0.25) is 0 Å². The van der Waals surface area contributed by atoms with E-state index >= 15 is 0 Å². The zero-order valence-electron chi connectivity index (χ0n) is 13.8. The van der Waals surface area contributed by atoms with Crippen molar-refractivity contribution in [1.82, 2.24) is 0 Å². The van der Waals surface area contributed by atoms with E-state index < -0.39 is 11.9 Å². The minimum atomic E-state index is -0.918. The molecule has 0 aromatic heterocycles. The number of carboxylic acids is 2. The van der Waals surface area contributed by atoms with Crippen molar-refractivity contribution in [3.05, 3.63) is 59.7 Å². The van der Waals surface area contributed by atoms with Crippen molar-refractivity contribution >= 4 is 23.3 Å². The van der Waals surface area contributed by atoms with Gasteiger partial charge in [-0.15, -0.1) is 0 Å². The van der Waals surface area contributed by atoms with Gasteiger partial charge in [0.05, 0.1) is 11.1 Å². The van der Waals surface area contributed by atoms with Gasteiger partial charge >= 0.3 is 11.9 Å². The summed E-state index contributed by atoms with van der Waals surface area (Å²) in [6.45, 7) is 3.45. The average molecular weight is 340 g/mol. The molecular weight excluding hydrogens is 320 g/mol. The average Bonchev–Trinajstić information content (AvgIpc) is 2.88. The maximum atomic E-state index is 11.0. The van der Waals surface area contributed by atoms with Crippen molar-refractivity contribution in [1.29, 1.82) is 0 Å². The minimum absolute atomic E-state index is 0.290. The largest absolute Gasteiger partial charge is 0.478 e. The van der Waals surface area contributed by atoms with Crippen LogP contribution in [0.3, 0.4) is 0 Å². The summed E-state index contributed by atoms with van der Waals surface area (Å²) in [5, 5.41) is 18.0. The van der Waals surface area contributed by atoms with Crippen molar-refractivity contribution in [2.24, 2.45) is 0 Å². The van der Waals surface area contributed by atoms with E-state index in [0.29, 0.717) is 11.1 Å². The van der Waals surface area contributed by atoms with Crippen molar-refractivity contribution < 1.29 is 19.8 Å². The van der Waals surface area contributed by atoms with Crippen molar-refractivity contribution in [2.75, 3.05) is 36.0 Å². The van der Waals surface area contributed by atoms with Gasteiger partial charge in [0, 0.05) is 37.6 Å². The smallest absolute Gasteiger partial charge is 0.335 e. The third-order valence-corrected chi connectivity index (χ3v) is 4.45. The van der Waals surface area contributed by atoms with Crippen LogP contribution in [0, 0.1) is 0 Å². The van der Waals surface area contributed by atoms with Gasteiger partial charge in [-0.2, -0.15) is 0 Å². The van der Waals surface area contributed by atoms with E-state index in [-0.39, 0.29) is 0 Å². The zero-order chi connectivity index (χ0) is 17.8. The summed E-state index contributed by atoms with van der Waals surface area (Å²) >= 11 is 0. The third kappa shape index (κ3) is 3.91. The number of aromatic carboxylic acids is 2. The van der Waals surface area contributed by atoms with Gasteiger partial charge in [-0.25, -0.2) is 9.59 Å². The second-order valence-corrected chi connectivity index (χ2v) is 6.03. The Morgan fingerprint density at radius 1 is 0.640 bits per heavy atom. The van der Waals surface area contributed by atoms with Gasteiger partial charge in [0.25, 0.3) is 0 Å². The van der Waals surface area contributed by atoms with E-state index in [2.05, 4.69) is 9.80 Å². The van der Waals surface area contributed by atoms with E-state index in [4.69, 9.17) is 10.2 Å². The molecule has 0 spiro atoms. The van der Waals surface area contributed by atoms with Crippen molar-refractivity contribution in [3.63, 3.8) is 0 Å². The summed E-state index contributed by atoms with van der Waals surface area (Å²) in [5.41, 5.74) is 2.62. The number of hydrogen-bond donors (Lipinski definition) is 2. The van der Waals surface area contributed by atoms with Crippen LogP contribution in [0.2, 0.25) is 0 Å². The van der Waals surface area contributed by atoms with Crippen LogP contribution in [-0.2, 0) is 0 Å². The Hall–Kier alpha value is -3.02. The lowest BCUT2D eigenvalue weighted by molar-refractivity contribution is 0.0686. The molecule has 0 radical (unpaired) electrons. The Morgan fingerprint density at radius 3 is 1.32 bits per heavy atom. The highest BCUT2D eigenvalue weighted by Crippen LogP contribution is 2.21. The molecule has 1 aliphatic rings. The van der Waals surface area contributed by atoms with Crippen LogP contribution < -0.4 is 9.80 Å². The highest BCUT2D eigenvalue weighted by atomic mass is 16.4. The molecular formula is C19H20N2O4. The number of anilines is 2. The highest BCUT2D eigenvalue weighted by Gasteiger charge is 2.16. The van der Waals surface area contributed by atoms with E-state index in [9.17, 15) is 9.59 Å². The molecule has 2 N–H and O–H groups in total. The molecule has 0 bridgehead atoms. The number of rotatable bonds is 4. The lowest BCUT2D eigenvalue weighted by atomic mass is 10.2. The van der Waals surface area contributed by atoms with Crippen molar-refractivity contribution in [3.8, 4) is 0 Å². The first kappa shape index (κ1) is 16.8.